The molecular formula is C20H12ClN3O3S. The van der Waals surface area contributed by atoms with Crippen LogP contribution in [0.15, 0.2) is 47.4 Å². The number of hydrogen-bond acceptors (Lipinski definition) is 6. The predicted molar refractivity (Wildman–Crippen MR) is 108 cm³/mol. The van der Waals surface area contributed by atoms with Gasteiger partial charge in [0.25, 0.3) is 5.56 Å². The largest absolute Gasteiger partial charge is 0.503 e. The van der Waals surface area contributed by atoms with Gasteiger partial charge in [-0.25, -0.2) is 4.98 Å². The number of aromatic nitrogens is 2. The van der Waals surface area contributed by atoms with Crippen LogP contribution in [0.25, 0.3) is 22.3 Å². The Kier molecular flexibility index (Phi) is 4.51. The van der Waals surface area contributed by atoms with E-state index in [9.17, 15) is 9.90 Å². The van der Waals surface area contributed by atoms with E-state index in [1.54, 1.807) is 48.7 Å². The standard InChI is InChI=1S/C20H12ClN3O3S/c1-27-16-7-12(6-14(21)18(16)25)8-17-19(26)24-10-15(23-20(24)28-17)13-4-2-11(9-22)3-5-13/h2-8,10,25H,1H3/b17-8-. The number of halogens is 1. The smallest absolute Gasteiger partial charge is 0.274 e. The van der Waals surface area contributed by atoms with Gasteiger partial charge in [0.2, 0.25) is 0 Å². The van der Waals surface area contributed by atoms with Crippen molar-refractivity contribution in [3.05, 3.63) is 73.6 Å². The third kappa shape index (κ3) is 3.09. The summed E-state index contributed by atoms with van der Waals surface area (Å²) in [6, 6.07) is 12.3. The van der Waals surface area contributed by atoms with Crippen LogP contribution in [-0.2, 0) is 0 Å². The van der Waals surface area contributed by atoms with E-state index < -0.39 is 0 Å². The minimum atomic E-state index is -0.199. The molecule has 0 unspecified atom stereocenters. The van der Waals surface area contributed by atoms with Crippen molar-refractivity contribution in [2.24, 2.45) is 0 Å². The van der Waals surface area contributed by atoms with E-state index in [1.165, 1.54) is 22.8 Å². The fourth-order valence-electron chi connectivity index (χ4n) is 2.77. The highest BCUT2D eigenvalue weighted by molar-refractivity contribution is 7.15. The van der Waals surface area contributed by atoms with Gasteiger partial charge < -0.3 is 9.84 Å². The number of hydrogen-bond donors (Lipinski definition) is 1. The molecule has 0 amide bonds. The second-order valence-electron chi connectivity index (χ2n) is 5.94. The summed E-state index contributed by atoms with van der Waals surface area (Å²) in [5.74, 6) is 0.0901. The highest BCUT2D eigenvalue weighted by Gasteiger charge is 2.12. The lowest BCUT2D eigenvalue weighted by molar-refractivity contribution is 0.373. The van der Waals surface area contributed by atoms with Crippen LogP contribution in [0.3, 0.4) is 0 Å². The number of phenols is 1. The number of phenolic OH excluding ortho intramolecular Hbond substituents is 1. The van der Waals surface area contributed by atoms with Crippen LogP contribution in [0.2, 0.25) is 5.02 Å². The van der Waals surface area contributed by atoms with Crippen LogP contribution in [0.1, 0.15) is 11.1 Å². The molecule has 0 aliphatic carbocycles. The molecule has 0 spiro atoms. The first-order chi connectivity index (χ1) is 13.5. The average Bonchev–Trinajstić information content (AvgIpc) is 3.24. The lowest BCUT2D eigenvalue weighted by Crippen LogP contribution is -2.22. The van der Waals surface area contributed by atoms with Crippen LogP contribution in [0, 0.1) is 11.3 Å². The highest BCUT2D eigenvalue weighted by Crippen LogP contribution is 2.35. The second kappa shape index (κ2) is 7.00. The van der Waals surface area contributed by atoms with Gasteiger partial charge >= 0.3 is 0 Å². The summed E-state index contributed by atoms with van der Waals surface area (Å²) in [7, 11) is 1.43. The normalized spacial score (nSPS) is 11.7. The summed E-state index contributed by atoms with van der Waals surface area (Å²) in [5.41, 5.74) is 2.49. The molecule has 4 aromatic rings. The first-order valence-electron chi connectivity index (χ1n) is 8.11. The van der Waals surface area contributed by atoms with Crippen molar-refractivity contribution in [2.75, 3.05) is 7.11 Å². The van der Waals surface area contributed by atoms with Gasteiger partial charge in [0, 0.05) is 11.8 Å². The number of rotatable bonds is 3. The molecule has 0 atom stereocenters. The van der Waals surface area contributed by atoms with E-state index in [4.69, 9.17) is 21.6 Å². The SMILES string of the molecule is COc1cc(/C=c2\sc3nc(-c4ccc(C#N)cc4)cn3c2=O)cc(Cl)c1O. The van der Waals surface area contributed by atoms with Gasteiger partial charge in [0.05, 0.1) is 34.0 Å². The molecule has 0 saturated carbocycles. The Balaban J connectivity index is 1.78. The summed E-state index contributed by atoms with van der Waals surface area (Å²) in [4.78, 5) is 17.8. The Hall–Kier alpha value is -3.34. The van der Waals surface area contributed by atoms with Crippen LogP contribution in [0.5, 0.6) is 11.5 Å². The number of benzene rings is 2. The molecule has 2 aromatic heterocycles. The Morgan fingerprint density at radius 3 is 2.71 bits per heavy atom. The molecule has 0 fully saturated rings. The lowest BCUT2D eigenvalue weighted by Gasteiger charge is -2.05. The monoisotopic (exact) mass is 409 g/mol. The summed E-state index contributed by atoms with van der Waals surface area (Å²) in [5, 5.41) is 18.9. The zero-order chi connectivity index (χ0) is 19.8. The van der Waals surface area contributed by atoms with Crippen molar-refractivity contribution in [3.8, 4) is 28.8 Å². The molecule has 2 aromatic carbocycles. The maximum absolute atomic E-state index is 12.7. The molecule has 0 radical (unpaired) electrons. The van der Waals surface area contributed by atoms with Gasteiger partial charge in [-0.3, -0.25) is 9.20 Å². The Bertz CT molecular complexity index is 1350. The Morgan fingerprint density at radius 1 is 1.32 bits per heavy atom. The molecule has 138 valence electrons. The number of nitrogens with zero attached hydrogens (tertiary/aromatic N) is 3. The van der Waals surface area contributed by atoms with E-state index in [-0.39, 0.29) is 22.1 Å². The minimum Gasteiger partial charge on any atom is -0.503 e. The summed E-state index contributed by atoms with van der Waals surface area (Å²) in [6.45, 7) is 0. The van der Waals surface area contributed by atoms with Gasteiger partial charge in [-0.1, -0.05) is 35.1 Å². The number of fused-ring (bicyclic) bond motifs is 1. The number of aromatic hydroxyl groups is 1. The number of ether oxygens (including phenoxy) is 1. The number of methoxy groups -OCH3 is 1. The van der Waals surface area contributed by atoms with Crippen LogP contribution >= 0.6 is 22.9 Å². The third-order valence-corrected chi connectivity index (χ3v) is 5.45. The van der Waals surface area contributed by atoms with Gasteiger partial charge in [-0.15, -0.1) is 0 Å². The number of thiazole rings is 1. The zero-order valence-electron chi connectivity index (χ0n) is 14.5. The fourth-order valence-corrected chi connectivity index (χ4v) is 3.95. The van der Waals surface area contributed by atoms with Gasteiger partial charge in [0.15, 0.2) is 16.5 Å². The maximum Gasteiger partial charge on any atom is 0.274 e. The molecule has 0 aliphatic heterocycles. The zero-order valence-corrected chi connectivity index (χ0v) is 16.1. The fraction of sp³-hybridized carbons (Fsp3) is 0.0500. The van der Waals surface area contributed by atoms with Gasteiger partial charge in [-0.2, -0.15) is 5.26 Å². The highest BCUT2D eigenvalue weighted by atomic mass is 35.5. The van der Waals surface area contributed by atoms with Crippen LogP contribution < -0.4 is 14.8 Å². The number of imidazole rings is 1. The molecule has 4 rings (SSSR count). The van der Waals surface area contributed by atoms with E-state index in [2.05, 4.69) is 11.1 Å². The van der Waals surface area contributed by atoms with E-state index >= 15 is 0 Å². The maximum atomic E-state index is 12.7. The van der Waals surface area contributed by atoms with E-state index in [0.717, 1.165) is 5.56 Å². The third-order valence-electron chi connectivity index (χ3n) is 4.18. The Labute approximate surface area is 168 Å². The van der Waals surface area contributed by atoms with Crippen molar-refractivity contribution in [1.29, 1.82) is 5.26 Å². The van der Waals surface area contributed by atoms with Crippen molar-refractivity contribution in [1.82, 2.24) is 9.38 Å². The van der Waals surface area contributed by atoms with E-state index in [0.29, 0.717) is 26.3 Å². The predicted octanol–water partition coefficient (Wildman–Crippen LogP) is 3.21. The van der Waals surface area contributed by atoms with Crippen molar-refractivity contribution in [3.63, 3.8) is 0 Å². The van der Waals surface area contributed by atoms with Gasteiger partial charge in [-0.05, 0) is 35.9 Å². The first-order valence-corrected chi connectivity index (χ1v) is 9.30. The molecular weight excluding hydrogens is 398 g/mol. The molecule has 2 heterocycles. The van der Waals surface area contributed by atoms with E-state index in [1.807, 2.05) is 0 Å². The van der Waals surface area contributed by atoms with Crippen molar-refractivity contribution >= 4 is 34.0 Å². The molecule has 0 saturated heterocycles. The van der Waals surface area contributed by atoms with Crippen LogP contribution in [-0.4, -0.2) is 21.6 Å². The summed E-state index contributed by atoms with van der Waals surface area (Å²) < 4.78 is 7.07. The minimum absolute atomic E-state index is 0.141. The topological polar surface area (TPSA) is 87.6 Å². The quantitative estimate of drug-likeness (QED) is 0.561. The molecule has 0 aliphatic rings. The molecule has 8 heteroatoms. The van der Waals surface area contributed by atoms with Crippen LogP contribution in [0.4, 0.5) is 0 Å². The average molecular weight is 410 g/mol. The molecule has 28 heavy (non-hydrogen) atoms. The summed E-state index contributed by atoms with van der Waals surface area (Å²) >= 11 is 7.26. The molecule has 0 bridgehead atoms. The van der Waals surface area contributed by atoms with Gasteiger partial charge in [0.1, 0.15) is 0 Å². The molecule has 1 N–H and O–H groups in total. The van der Waals surface area contributed by atoms with Crippen molar-refractivity contribution < 1.29 is 9.84 Å². The first kappa shape index (κ1) is 18.0. The number of nitriles is 1. The summed E-state index contributed by atoms with van der Waals surface area (Å²) in [6.07, 6.45) is 3.36. The molecule has 6 nitrogen and oxygen atoms in total. The van der Waals surface area contributed by atoms with Crippen molar-refractivity contribution in [2.45, 2.75) is 0 Å². The lowest BCUT2D eigenvalue weighted by atomic mass is 10.1. The Morgan fingerprint density at radius 2 is 2.07 bits per heavy atom. The second-order valence-corrected chi connectivity index (χ2v) is 7.35.